The number of likely N-dealkylation sites (N-methyl/N-ethyl adjacent to an activating group) is 1. The first-order valence-electron chi connectivity index (χ1n) is 6.41. The normalized spacial score (nSPS) is 10.9. The third-order valence-electron chi connectivity index (χ3n) is 2.97. The van der Waals surface area contributed by atoms with Gasteiger partial charge in [-0.25, -0.2) is 4.79 Å². The van der Waals surface area contributed by atoms with Gasteiger partial charge in [-0.05, 0) is 38.6 Å². The lowest BCUT2D eigenvalue weighted by atomic mass is 10.2. The number of carbonyl (C=O) groups excluding carboxylic acids is 1. The standard InChI is InChI=1S/C14H19ClN2O3/c1-4-17(9(2)3)8-13(18)16-12-7-10(14(19)20)5-6-11(12)15/h5-7,9H,4,8H2,1-3H3,(H,16,18)(H,19,20). The highest BCUT2D eigenvalue weighted by Gasteiger charge is 2.14. The first kappa shape index (κ1) is 16.5. The van der Waals surface area contributed by atoms with Crippen molar-refractivity contribution in [2.45, 2.75) is 26.8 Å². The quantitative estimate of drug-likeness (QED) is 0.847. The fourth-order valence-electron chi connectivity index (χ4n) is 1.79. The minimum atomic E-state index is -1.06. The van der Waals surface area contributed by atoms with Gasteiger partial charge in [0.15, 0.2) is 0 Å². The van der Waals surface area contributed by atoms with Crippen LogP contribution in [-0.2, 0) is 4.79 Å². The minimum absolute atomic E-state index is 0.0842. The number of carboxylic acids is 1. The summed E-state index contributed by atoms with van der Waals surface area (Å²) in [6.07, 6.45) is 0. The Labute approximate surface area is 123 Å². The van der Waals surface area contributed by atoms with E-state index in [4.69, 9.17) is 16.7 Å². The van der Waals surface area contributed by atoms with Crippen LogP contribution in [0.5, 0.6) is 0 Å². The van der Waals surface area contributed by atoms with Crippen LogP contribution in [0.25, 0.3) is 0 Å². The third kappa shape index (κ3) is 4.51. The van der Waals surface area contributed by atoms with E-state index in [9.17, 15) is 9.59 Å². The molecule has 0 saturated heterocycles. The molecule has 20 heavy (non-hydrogen) atoms. The van der Waals surface area contributed by atoms with Gasteiger partial charge in [0, 0.05) is 6.04 Å². The van der Waals surface area contributed by atoms with Crippen LogP contribution in [0.4, 0.5) is 5.69 Å². The number of nitrogens with one attached hydrogen (secondary N) is 1. The van der Waals surface area contributed by atoms with Crippen LogP contribution in [0.1, 0.15) is 31.1 Å². The summed E-state index contributed by atoms with van der Waals surface area (Å²) >= 11 is 5.96. The number of rotatable bonds is 6. The lowest BCUT2D eigenvalue weighted by Gasteiger charge is -2.24. The molecule has 0 aliphatic carbocycles. The van der Waals surface area contributed by atoms with E-state index in [-0.39, 0.29) is 24.1 Å². The van der Waals surface area contributed by atoms with Gasteiger partial charge < -0.3 is 10.4 Å². The highest BCUT2D eigenvalue weighted by Crippen LogP contribution is 2.23. The van der Waals surface area contributed by atoms with Crippen LogP contribution in [0, 0.1) is 0 Å². The molecule has 0 saturated carbocycles. The van der Waals surface area contributed by atoms with Gasteiger partial charge in [0.05, 0.1) is 22.8 Å². The average Bonchev–Trinajstić information content (AvgIpc) is 2.37. The predicted molar refractivity (Wildman–Crippen MR) is 79.4 cm³/mol. The number of hydrogen-bond acceptors (Lipinski definition) is 3. The Morgan fingerprint density at radius 1 is 1.40 bits per heavy atom. The van der Waals surface area contributed by atoms with Gasteiger partial charge in [-0.1, -0.05) is 18.5 Å². The molecule has 0 heterocycles. The minimum Gasteiger partial charge on any atom is -0.478 e. The van der Waals surface area contributed by atoms with Crippen LogP contribution in [-0.4, -0.2) is 41.0 Å². The molecule has 0 bridgehead atoms. The average molecular weight is 299 g/mol. The lowest BCUT2D eigenvalue weighted by Crippen LogP contribution is -2.37. The van der Waals surface area contributed by atoms with Crippen LogP contribution in [0.3, 0.4) is 0 Å². The van der Waals surface area contributed by atoms with E-state index in [1.165, 1.54) is 18.2 Å². The molecule has 1 aromatic rings. The summed E-state index contributed by atoms with van der Waals surface area (Å²) in [5.41, 5.74) is 0.400. The molecule has 0 spiro atoms. The molecule has 0 fully saturated rings. The number of nitrogens with zero attached hydrogens (tertiary/aromatic N) is 1. The topological polar surface area (TPSA) is 69.6 Å². The molecular weight excluding hydrogens is 280 g/mol. The largest absolute Gasteiger partial charge is 0.478 e. The van der Waals surface area contributed by atoms with E-state index >= 15 is 0 Å². The summed E-state index contributed by atoms with van der Waals surface area (Å²) in [4.78, 5) is 24.9. The van der Waals surface area contributed by atoms with Gasteiger partial charge in [0.1, 0.15) is 0 Å². The first-order valence-corrected chi connectivity index (χ1v) is 6.79. The summed E-state index contributed by atoms with van der Waals surface area (Å²) in [6.45, 7) is 6.99. The molecule has 2 N–H and O–H groups in total. The number of carbonyl (C=O) groups is 2. The number of hydrogen-bond donors (Lipinski definition) is 2. The summed E-state index contributed by atoms with van der Waals surface area (Å²) in [5.74, 6) is -1.28. The highest BCUT2D eigenvalue weighted by atomic mass is 35.5. The van der Waals surface area contributed by atoms with Crippen molar-refractivity contribution < 1.29 is 14.7 Å². The number of carboxylic acid groups (broad SMARTS) is 1. The first-order chi connectivity index (χ1) is 9.35. The number of aromatic carboxylic acids is 1. The summed E-state index contributed by atoms with van der Waals surface area (Å²) in [5, 5.41) is 11.9. The van der Waals surface area contributed by atoms with E-state index in [1.807, 2.05) is 25.7 Å². The molecule has 0 unspecified atom stereocenters. The van der Waals surface area contributed by atoms with Crippen LogP contribution in [0.15, 0.2) is 18.2 Å². The van der Waals surface area contributed by atoms with E-state index < -0.39 is 5.97 Å². The molecule has 5 nitrogen and oxygen atoms in total. The molecule has 1 aromatic carbocycles. The number of amides is 1. The van der Waals surface area contributed by atoms with E-state index in [0.717, 1.165) is 6.54 Å². The highest BCUT2D eigenvalue weighted by molar-refractivity contribution is 6.33. The summed E-state index contributed by atoms with van der Waals surface area (Å²) in [7, 11) is 0. The smallest absolute Gasteiger partial charge is 0.335 e. The summed E-state index contributed by atoms with van der Waals surface area (Å²) in [6, 6.07) is 4.47. The van der Waals surface area contributed by atoms with Crippen molar-refractivity contribution in [3.05, 3.63) is 28.8 Å². The van der Waals surface area contributed by atoms with Crippen molar-refractivity contribution in [1.82, 2.24) is 4.90 Å². The SMILES string of the molecule is CCN(CC(=O)Nc1cc(C(=O)O)ccc1Cl)C(C)C. The van der Waals surface area contributed by atoms with Crippen molar-refractivity contribution in [3.8, 4) is 0 Å². The fourth-order valence-corrected chi connectivity index (χ4v) is 1.95. The molecule has 6 heteroatoms. The van der Waals surface area contributed by atoms with Crippen molar-refractivity contribution in [2.24, 2.45) is 0 Å². The van der Waals surface area contributed by atoms with Gasteiger partial charge in [0.2, 0.25) is 5.91 Å². The van der Waals surface area contributed by atoms with Crippen molar-refractivity contribution >= 4 is 29.2 Å². The second-order valence-electron chi connectivity index (χ2n) is 4.70. The van der Waals surface area contributed by atoms with Crippen LogP contribution < -0.4 is 5.32 Å². The maximum Gasteiger partial charge on any atom is 0.335 e. The predicted octanol–water partition coefficient (Wildman–Crippen LogP) is 2.71. The molecule has 0 aromatic heterocycles. The summed E-state index contributed by atoms with van der Waals surface area (Å²) < 4.78 is 0. The maximum absolute atomic E-state index is 12.0. The van der Waals surface area contributed by atoms with Crippen LogP contribution >= 0.6 is 11.6 Å². The van der Waals surface area contributed by atoms with Gasteiger partial charge in [-0.15, -0.1) is 0 Å². The molecule has 1 amide bonds. The zero-order chi connectivity index (χ0) is 15.3. The van der Waals surface area contributed by atoms with Gasteiger partial charge in [-0.2, -0.15) is 0 Å². The molecular formula is C14H19ClN2O3. The van der Waals surface area contributed by atoms with Crippen molar-refractivity contribution in [2.75, 3.05) is 18.4 Å². The second kappa shape index (κ2) is 7.26. The van der Waals surface area contributed by atoms with E-state index in [0.29, 0.717) is 10.7 Å². The van der Waals surface area contributed by atoms with Crippen molar-refractivity contribution in [3.63, 3.8) is 0 Å². The Hall–Kier alpha value is -1.59. The lowest BCUT2D eigenvalue weighted by molar-refractivity contribution is -0.117. The second-order valence-corrected chi connectivity index (χ2v) is 5.11. The number of benzene rings is 1. The van der Waals surface area contributed by atoms with E-state index in [2.05, 4.69) is 5.32 Å². The molecule has 0 aliphatic rings. The fraction of sp³-hybridized carbons (Fsp3) is 0.429. The Balaban J connectivity index is 2.80. The molecule has 110 valence electrons. The Morgan fingerprint density at radius 3 is 2.55 bits per heavy atom. The molecule has 0 radical (unpaired) electrons. The van der Waals surface area contributed by atoms with Gasteiger partial charge in [-0.3, -0.25) is 9.69 Å². The third-order valence-corrected chi connectivity index (χ3v) is 3.30. The Morgan fingerprint density at radius 2 is 2.05 bits per heavy atom. The van der Waals surface area contributed by atoms with Crippen LogP contribution in [0.2, 0.25) is 5.02 Å². The maximum atomic E-state index is 12.0. The Bertz CT molecular complexity index is 503. The molecule has 0 aliphatic heterocycles. The van der Waals surface area contributed by atoms with Gasteiger partial charge in [0.25, 0.3) is 0 Å². The number of halogens is 1. The molecule has 0 atom stereocenters. The zero-order valence-corrected chi connectivity index (χ0v) is 12.6. The number of anilines is 1. The van der Waals surface area contributed by atoms with E-state index in [1.54, 1.807) is 0 Å². The Kier molecular flexibility index (Phi) is 5.98. The zero-order valence-electron chi connectivity index (χ0n) is 11.8. The molecule has 1 rings (SSSR count). The monoisotopic (exact) mass is 298 g/mol. The van der Waals surface area contributed by atoms with Gasteiger partial charge >= 0.3 is 5.97 Å². The van der Waals surface area contributed by atoms with Crippen molar-refractivity contribution in [1.29, 1.82) is 0 Å².